The van der Waals surface area contributed by atoms with Crippen LogP contribution in [0.3, 0.4) is 0 Å². The number of hydrogen-bond acceptors (Lipinski definition) is 4. The van der Waals surface area contributed by atoms with Gasteiger partial charge in [0, 0.05) is 6.07 Å². The average molecular weight is 278 g/mol. The highest BCUT2D eigenvalue weighted by Crippen LogP contribution is 2.32. The Balaban J connectivity index is 3.44. The minimum Gasteiger partial charge on any atom is -0.480 e. The highest BCUT2D eigenvalue weighted by Gasteiger charge is 2.33. The van der Waals surface area contributed by atoms with Crippen LogP contribution in [0.2, 0.25) is 5.02 Å². The minimum atomic E-state index is -2.09. The monoisotopic (exact) mass is 277 g/mol. The van der Waals surface area contributed by atoms with Crippen LogP contribution in [0.25, 0.3) is 0 Å². The van der Waals surface area contributed by atoms with E-state index in [0.717, 1.165) is 6.07 Å². The lowest BCUT2D eigenvalue weighted by molar-refractivity contribution is -0.387. The number of nitrogens with zero attached hydrogens (tertiary/aromatic N) is 1. The van der Waals surface area contributed by atoms with Crippen molar-refractivity contribution in [1.82, 2.24) is 0 Å². The van der Waals surface area contributed by atoms with Crippen LogP contribution in [0.15, 0.2) is 12.1 Å². The number of rotatable bonds is 4. The summed E-state index contributed by atoms with van der Waals surface area (Å²) in [5.41, 5.74) is -1.52. The quantitative estimate of drug-likeness (QED) is 0.491. The predicted molar refractivity (Wildman–Crippen MR) is 56.1 cm³/mol. The van der Waals surface area contributed by atoms with Crippen LogP contribution in [0.1, 0.15) is 11.5 Å². The fourth-order valence-corrected chi connectivity index (χ4v) is 1.56. The number of nitro benzene ring substituents is 1. The van der Waals surface area contributed by atoms with Crippen molar-refractivity contribution in [2.45, 2.75) is 5.92 Å². The smallest absolute Gasteiger partial charge is 0.322 e. The Morgan fingerprint density at radius 2 is 1.83 bits per heavy atom. The zero-order chi connectivity index (χ0) is 14.0. The maximum absolute atomic E-state index is 13.4. The lowest BCUT2D eigenvalue weighted by atomic mass is 9.99. The molecule has 18 heavy (non-hydrogen) atoms. The molecule has 0 saturated carbocycles. The lowest BCUT2D eigenvalue weighted by Crippen LogP contribution is -2.21. The second-order valence-electron chi connectivity index (χ2n) is 3.17. The molecule has 0 amide bonds. The first-order chi connectivity index (χ1) is 8.27. The first kappa shape index (κ1) is 13.8. The molecule has 0 heterocycles. The zero-order valence-corrected chi connectivity index (χ0v) is 9.22. The third-order valence-electron chi connectivity index (χ3n) is 2.09. The van der Waals surface area contributed by atoms with Crippen LogP contribution in [0.5, 0.6) is 0 Å². The summed E-state index contributed by atoms with van der Waals surface area (Å²) in [6.45, 7) is 0. The summed E-state index contributed by atoms with van der Waals surface area (Å²) in [6, 6.07) is 1.46. The van der Waals surface area contributed by atoms with Crippen molar-refractivity contribution in [3.8, 4) is 0 Å². The number of benzene rings is 1. The molecule has 0 atom stereocenters. The van der Waals surface area contributed by atoms with Gasteiger partial charge in [-0.25, -0.2) is 0 Å². The van der Waals surface area contributed by atoms with Crippen LogP contribution in [-0.4, -0.2) is 27.1 Å². The van der Waals surface area contributed by atoms with E-state index >= 15 is 0 Å². The molecular weight excluding hydrogens is 273 g/mol. The Labute approximate surface area is 104 Å². The predicted octanol–water partition coefficient (Wildman–Crippen LogP) is 1.64. The molecule has 0 aliphatic carbocycles. The number of carbonyl (C=O) groups is 2. The molecule has 0 bridgehead atoms. The molecule has 1 rings (SSSR count). The van der Waals surface area contributed by atoms with Gasteiger partial charge in [0.25, 0.3) is 0 Å². The molecular formula is C9H5ClFNO6. The van der Waals surface area contributed by atoms with Gasteiger partial charge in [-0.3, -0.25) is 19.7 Å². The average Bonchev–Trinajstić information content (AvgIpc) is 2.23. The Kier molecular flexibility index (Phi) is 3.82. The van der Waals surface area contributed by atoms with Gasteiger partial charge in [-0.15, -0.1) is 0 Å². The lowest BCUT2D eigenvalue weighted by Gasteiger charge is -2.10. The van der Waals surface area contributed by atoms with E-state index in [0.29, 0.717) is 6.07 Å². The molecule has 1 aromatic rings. The van der Waals surface area contributed by atoms with E-state index in [1.807, 2.05) is 0 Å². The SMILES string of the molecule is O=C(O)C(C(=O)O)c1ccc([N+](=O)[O-])c(F)c1Cl. The first-order valence-electron chi connectivity index (χ1n) is 4.35. The van der Waals surface area contributed by atoms with Gasteiger partial charge < -0.3 is 10.2 Å². The second kappa shape index (κ2) is 4.96. The maximum atomic E-state index is 13.4. The molecule has 2 N–H and O–H groups in total. The van der Waals surface area contributed by atoms with E-state index in [2.05, 4.69) is 0 Å². The number of carboxylic acid groups (broad SMARTS) is 2. The van der Waals surface area contributed by atoms with Crippen molar-refractivity contribution in [2.75, 3.05) is 0 Å². The van der Waals surface area contributed by atoms with Crippen molar-refractivity contribution in [3.05, 3.63) is 38.7 Å². The molecule has 0 fully saturated rings. The Morgan fingerprint density at radius 1 is 1.33 bits per heavy atom. The summed E-state index contributed by atoms with van der Waals surface area (Å²) in [7, 11) is 0. The third kappa shape index (κ3) is 2.38. The summed E-state index contributed by atoms with van der Waals surface area (Å²) in [6.07, 6.45) is 0. The molecule has 0 aliphatic heterocycles. The van der Waals surface area contributed by atoms with Crippen molar-refractivity contribution in [1.29, 1.82) is 0 Å². The molecule has 7 nitrogen and oxygen atoms in total. The molecule has 1 aromatic carbocycles. The summed E-state index contributed by atoms with van der Waals surface area (Å²) >= 11 is 5.42. The molecule has 0 saturated heterocycles. The van der Waals surface area contributed by atoms with E-state index in [4.69, 9.17) is 21.8 Å². The molecule has 96 valence electrons. The molecule has 0 radical (unpaired) electrons. The molecule has 9 heteroatoms. The van der Waals surface area contributed by atoms with E-state index in [-0.39, 0.29) is 0 Å². The van der Waals surface area contributed by atoms with Crippen molar-refractivity contribution >= 4 is 29.2 Å². The van der Waals surface area contributed by atoms with Gasteiger partial charge in [0.15, 0.2) is 5.92 Å². The normalized spacial score (nSPS) is 10.4. The number of carboxylic acids is 2. The van der Waals surface area contributed by atoms with Gasteiger partial charge in [0.05, 0.1) is 9.95 Å². The molecule has 0 spiro atoms. The Hall–Kier alpha value is -2.22. The largest absolute Gasteiger partial charge is 0.480 e. The van der Waals surface area contributed by atoms with Crippen LogP contribution in [0, 0.1) is 15.9 Å². The van der Waals surface area contributed by atoms with Crippen molar-refractivity contribution in [3.63, 3.8) is 0 Å². The van der Waals surface area contributed by atoms with E-state index < -0.39 is 44.9 Å². The second-order valence-corrected chi connectivity index (χ2v) is 3.55. The standard InChI is InChI=1S/C9H5ClFNO6/c10-6-3(5(8(13)14)9(15)16)1-2-4(7(6)11)12(17)18/h1-2,5H,(H,13,14)(H,15,16). The summed E-state index contributed by atoms with van der Waals surface area (Å²) in [5, 5.41) is 26.9. The summed E-state index contributed by atoms with van der Waals surface area (Å²) in [4.78, 5) is 30.8. The summed E-state index contributed by atoms with van der Waals surface area (Å²) in [5.74, 6) is -7.06. The van der Waals surface area contributed by atoms with Gasteiger partial charge >= 0.3 is 17.6 Å². The highest BCUT2D eigenvalue weighted by atomic mass is 35.5. The van der Waals surface area contributed by atoms with E-state index in [9.17, 15) is 24.1 Å². The number of halogens is 2. The maximum Gasteiger partial charge on any atom is 0.322 e. The van der Waals surface area contributed by atoms with Gasteiger partial charge in [0.1, 0.15) is 0 Å². The first-order valence-corrected chi connectivity index (χ1v) is 4.73. The van der Waals surface area contributed by atoms with E-state index in [1.165, 1.54) is 0 Å². The van der Waals surface area contributed by atoms with Gasteiger partial charge in [-0.2, -0.15) is 4.39 Å². The Bertz CT molecular complexity index is 532. The van der Waals surface area contributed by atoms with Crippen LogP contribution >= 0.6 is 11.6 Å². The number of aliphatic carboxylic acids is 2. The fraction of sp³-hybridized carbons (Fsp3) is 0.111. The molecule has 0 aliphatic rings. The van der Waals surface area contributed by atoms with Gasteiger partial charge in [0.2, 0.25) is 5.82 Å². The zero-order valence-electron chi connectivity index (χ0n) is 8.46. The van der Waals surface area contributed by atoms with Crippen LogP contribution in [0.4, 0.5) is 10.1 Å². The topological polar surface area (TPSA) is 118 Å². The number of nitro groups is 1. The highest BCUT2D eigenvalue weighted by molar-refractivity contribution is 6.32. The van der Waals surface area contributed by atoms with Gasteiger partial charge in [-0.1, -0.05) is 11.6 Å². The molecule has 0 unspecified atom stereocenters. The molecule has 0 aromatic heterocycles. The summed E-state index contributed by atoms with van der Waals surface area (Å²) < 4.78 is 13.4. The third-order valence-corrected chi connectivity index (χ3v) is 2.48. The van der Waals surface area contributed by atoms with Crippen molar-refractivity contribution in [2.24, 2.45) is 0 Å². The van der Waals surface area contributed by atoms with Crippen LogP contribution in [-0.2, 0) is 9.59 Å². The van der Waals surface area contributed by atoms with Crippen LogP contribution < -0.4 is 0 Å². The minimum absolute atomic E-state index is 0.556. The van der Waals surface area contributed by atoms with Gasteiger partial charge in [-0.05, 0) is 11.6 Å². The fourth-order valence-electron chi connectivity index (χ4n) is 1.29. The van der Waals surface area contributed by atoms with Crippen molar-refractivity contribution < 1.29 is 29.1 Å². The van der Waals surface area contributed by atoms with E-state index in [1.54, 1.807) is 0 Å². The Morgan fingerprint density at radius 3 is 2.22 bits per heavy atom. The number of hydrogen-bond donors (Lipinski definition) is 2.